The zero-order valence-electron chi connectivity index (χ0n) is 10.2. The molecule has 2 heterocycles. The Morgan fingerprint density at radius 2 is 1.94 bits per heavy atom. The summed E-state index contributed by atoms with van der Waals surface area (Å²) in [6, 6.07) is 1.60. The van der Waals surface area contributed by atoms with Crippen molar-refractivity contribution in [3.05, 3.63) is 23.8 Å². The van der Waals surface area contributed by atoms with Gasteiger partial charge >= 0.3 is 0 Å². The molecular formula is C13H19FN2. The van der Waals surface area contributed by atoms with Crippen LogP contribution >= 0.6 is 0 Å². The van der Waals surface area contributed by atoms with Crippen LogP contribution in [0, 0.1) is 24.6 Å². The molecule has 2 atom stereocenters. The van der Waals surface area contributed by atoms with Crippen LogP contribution in [0.3, 0.4) is 0 Å². The van der Waals surface area contributed by atoms with E-state index in [1.165, 1.54) is 6.42 Å². The summed E-state index contributed by atoms with van der Waals surface area (Å²) < 4.78 is 13.3. The van der Waals surface area contributed by atoms with Crippen LogP contribution in [0.25, 0.3) is 0 Å². The molecule has 16 heavy (non-hydrogen) atoms. The first-order chi connectivity index (χ1) is 7.74. The standard InChI is InChI=1S/C11H13FN2.C2H6/c1-7-11(12)3-10(4-13-7)14-5-8-2-9(8)6-14;1-2/h3-4,8-9H,2,5-6H2,1H3;1-2H3. The molecule has 1 aliphatic carbocycles. The van der Waals surface area contributed by atoms with Crippen molar-refractivity contribution in [2.24, 2.45) is 11.8 Å². The summed E-state index contributed by atoms with van der Waals surface area (Å²) in [5, 5.41) is 0. The van der Waals surface area contributed by atoms with Crippen LogP contribution in [0.4, 0.5) is 10.1 Å². The fourth-order valence-electron chi connectivity index (χ4n) is 2.28. The van der Waals surface area contributed by atoms with Crippen molar-refractivity contribution in [2.75, 3.05) is 18.0 Å². The third kappa shape index (κ3) is 2.04. The van der Waals surface area contributed by atoms with Crippen molar-refractivity contribution < 1.29 is 4.39 Å². The normalized spacial score (nSPS) is 25.9. The van der Waals surface area contributed by atoms with E-state index in [2.05, 4.69) is 9.88 Å². The van der Waals surface area contributed by atoms with Gasteiger partial charge in [0.15, 0.2) is 0 Å². The number of fused-ring (bicyclic) bond motifs is 1. The number of hydrogen-bond acceptors (Lipinski definition) is 2. The Bertz CT molecular complexity index is 368. The van der Waals surface area contributed by atoms with E-state index in [9.17, 15) is 4.39 Å². The quantitative estimate of drug-likeness (QED) is 0.726. The van der Waals surface area contributed by atoms with Gasteiger partial charge in [0.2, 0.25) is 0 Å². The van der Waals surface area contributed by atoms with Crippen LogP contribution in [-0.4, -0.2) is 18.1 Å². The van der Waals surface area contributed by atoms with E-state index >= 15 is 0 Å². The number of rotatable bonds is 1. The summed E-state index contributed by atoms with van der Waals surface area (Å²) in [5.74, 6) is 1.56. The second-order valence-corrected chi connectivity index (χ2v) is 4.42. The van der Waals surface area contributed by atoms with Crippen LogP contribution in [0.15, 0.2) is 12.3 Å². The van der Waals surface area contributed by atoms with Crippen molar-refractivity contribution in [3.63, 3.8) is 0 Å². The van der Waals surface area contributed by atoms with E-state index in [4.69, 9.17) is 0 Å². The SMILES string of the molecule is CC.Cc1ncc(N2CC3CC3C2)cc1F. The third-order valence-corrected chi connectivity index (χ3v) is 3.35. The molecule has 2 fully saturated rings. The molecule has 1 aromatic heterocycles. The molecule has 0 aromatic carbocycles. The number of hydrogen-bond donors (Lipinski definition) is 0. The van der Waals surface area contributed by atoms with Crippen molar-refractivity contribution in [1.29, 1.82) is 0 Å². The van der Waals surface area contributed by atoms with Gasteiger partial charge in [0.05, 0.1) is 17.6 Å². The van der Waals surface area contributed by atoms with Gasteiger partial charge in [-0.3, -0.25) is 4.98 Å². The minimum Gasteiger partial charge on any atom is -0.370 e. The Labute approximate surface area is 96.5 Å². The Balaban J connectivity index is 0.000000457. The van der Waals surface area contributed by atoms with Crippen LogP contribution in [-0.2, 0) is 0 Å². The minimum atomic E-state index is -0.192. The fourth-order valence-corrected chi connectivity index (χ4v) is 2.28. The maximum absolute atomic E-state index is 13.3. The second-order valence-electron chi connectivity index (χ2n) is 4.42. The predicted molar refractivity (Wildman–Crippen MR) is 64.1 cm³/mol. The molecule has 1 saturated carbocycles. The van der Waals surface area contributed by atoms with Gasteiger partial charge in [-0.05, 0) is 25.2 Å². The van der Waals surface area contributed by atoms with Gasteiger partial charge in [0.25, 0.3) is 0 Å². The highest BCUT2D eigenvalue weighted by Crippen LogP contribution is 2.46. The maximum atomic E-state index is 13.3. The largest absolute Gasteiger partial charge is 0.370 e. The van der Waals surface area contributed by atoms with Crippen LogP contribution in [0.1, 0.15) is 26.0 Å². The Morgan fingerprint density at radius 1 is 1.31 bits per heavy atom. The number of piperidine rings is 1. The van der Waals surface area contributed by atoms with Gasteiger partial charge < -0.3 is 4.90 Å². The lowest BCUT2D eigenvalue weighted by Gasteiger charge is -2.19. The lowest BCUT2D eigenvalue weighted by atomic mass is 10.3. The van der Waals surface area contributed by atoms with E-state index < -0.39 is 0 Å². The molecule has 2 unspecified atom stereocenters. The number of nitrogens with zero attached hydrogens (tertiary/aromatic N) is 2. The average Bonchev–Trinajstić information content (AvgIpc) is 2.92. The molecule has 0 spiro atoms. The Morgan fingerprint density at radius 3 is 2.50 bits per heavy atom. The zero-order valence-corrected chi connectivity index (χ0v) is 10.2. The van der Waals surface area contributed by atoms with Crippen molar-refractivity contribution in [1.82, 2.24) is 4.98 Å². The van der Waals surface area contributed by atoms with Gasteiger partial charge in [0, 0.05) is 19.2 Å². The molecule has 1 aliphatic heterocycles. The van der Waals surface area contributed by atoms with Gasteiger partial charge in [-0.25, -0.2) is 4.39 Å². The molecule has 88 valence electrons. The molecule has 0 bridgehead atoms. The summed E-state index contributed by atoms with van der Waals surface area (Å²) in [6.07, 6.45) is 3.15. The maximum Gasteiger partial charge on any atom is 0.146 e. The summed E-state index contributed by atoms with van der Waals surface area (Å²) in [7, 11) is 0. The first-order valence-corrected chi connectivity index (χ1v) is 6.11. The summed E-state index contributed by atoms with van der Waals surface area (Å²) in [6.45, 7) is 7.88. The monoisotopic (exact) mass is 222 g/mol. The summed E-state index contributed by atoms with van der Waals surface area (Å²) in [5.41, 5.74) is 1.43. The molecule has 0 N–H and O–H groups in total. The van der Waals surface area contributed by atoms with Crippen molar-refractivity contribution in [2.45, 2.75) is 27.2 Å². The first kappa shape index (κ1) is 11.4. The van der Waals surface area contributed by atoms with Gasteiger partial charge in [-0.1, -0.05) is 13.8 Å². The van der Waals surface area contributed by atoms with Gasteiger partial charge in [-0.15, -0.1) is 0 Å². The molecule has 0 amide bonds. The van der Waals surface area contributed by atoms with Crippen molar-refractivity contribution >= 4 is 5.69 Å². The average molecular weight is 222 g/mol. The molecule has 1 aromatic rings. The van der Waals surface area contributed by atoms with E-state index in [-0.39, 0.29) is 5.82 Å². The lowest BCUT2D eigenvalue weighted by Crippen LogP contribution is -2.22. The second kappa shape index (κ2) is 4.40. The van der Waals surface area contributed by atoms with Crippen LogP contribution in [0.2, 0.25) is 0 Å². The molecule has 2 nitrogen and oxygen atoms in total. The number of anilines is 1. The molecule has 1 saturated heterocycles. The fraction of sp³-hybridized carbons (Fsp3) is 0.615. The number of aryl methyl sites for hydroxylation is 1. The topological polar surface area (TPSA) is 16.1 Å². The minimum absolute atomic E-state index is 0.192. The number of pyridine rings is 1. The Kier molecular flexibility index (Phi) is 3.13. The highest BCUT2D eigenvalue weighted by Gasteiger charge is 2.45. The molecule has 0 radical (unpaired) electrons. The zero-order chi connectivity index (χ0) is 11.7. The highest BCUT2D eigenvalue weighted by molar-refractivity contribution is 5.47. The smallest absolute Gasteiger partial charge is 0.146 e. The van der Waals surface area contributed by atoms with E-state index in [1.54, 1.807) is 19.2 Å². The molecule has 3 heteroatoms. The van der Waals surface area contributed by atoms with E-state index in [1.807, 2.05) is 13.8 Å². The van der Waals surface area contributed by atoms with Gasteiger partial charge in [0.1, 0.15) is 5.82 Å². The lowest BCUT2D eigenvalue weighted by molar-refractivity contribution is 0.608. The molecule has 2 aliphatic rings. The Hall–Kier alpha value is -1.12. The summed E-state index contributed by atoms with van der Waals surface area (Å²) in [4.78, 5) is 6.29. The number of aromatic nitrogens is 1. The number of halogens is 1. The third-order valence-electron chi connectivity index (χ3n) is 3.35. The molecule has 3 rings (SSSR count). The summed E-state index contributed by atoms with van der Waals surface area (Å²) >= 11 is 0. The first-order valence-electron chi connectivity index (χ1n) is 6.11. The van der Waals surface area contributed by atoms with Crippen LogP contribution < -0.4 is 4.90 Å². The predicted octanol–water partition coefficient (Wildman–Crippen LogP) is 3.01. The van der Waals surface area contributed by atoms with E-state index in [0.29, 0.717) is 5.69 Å². The highest BCUT2D eigenvalue weighted by atomic mass is 19.1. The van der Waals surface area contributed by atoms with Crippen molar-refractivity contribution in [3.8, 4) is 0 Å². The van der Waals surface area contributed by atoms with E-state index in [0.717, 1.165) is 30.6 Å². The molecular weight excluding hydrogens is 203 g/mol. The van der Waals surface area contributed by atoms with Gasteiger partial charge in [-0.2, -0.15) is 0 Å². The van der Waals surface area contributed by atoms with Crippen LogP contribution in [0.5, 0.6) is 0 Å².